The minimum absolute atomic E-state index is 0.0334. The SMILES string of the molecule is CC(C)(C)OC(=O)N(C(=O)CCCC(=O)N1CCSC1)C(=O)OC(C)(C)C. The fourth-order valence-electron chi connectivity index (χ4n) is 2.16. The largest absolute Gasteiger partial charge is 0.443 e. The predicted molar refractivity (Wildman–Crippen MR) is 102 cm³/mol. The molecule has 1 aliphatic rings. The second-order valence-corrected chi connectivity index (χ2v) is 9.31. The average Bonchev–Trinajstić information content (AvgIpc) is 2.97. The molecule has 0 N–H and O–H groups in total. The van der Waals surface area contributed by atoms with E-state index in [9.17, 15) is 19.2 Å². The van der Waals surface area contributed by atoms with E-state index in [0.29, 0.717) is 17.3 Å². The number of hydrogen-bond donors (Lipinski definition) is 0. The van der Waals surface area contributed by atoms with Gasteiger partial charge >= 0.3 is 12.2 Å². The second-order valence-electron chi connectivity index (χ2n) is 8.24. The van der Waals surface area contributed by atoms with Crippen LogP contribution in [0.4, 0.5) is 9.59 Å². The van der Waals surface area contributed by atoms with Gasteiger partial charge in [0.15, 0.2) is 0 Å². The first-order valence-corrected chi connectivity index (χ1v) is 10.1. The highest BCUT2D eigenvalue weighted by atomic mass is 32.2. The monoisotopic (exact) mass is 402 g/mol. The summed E-state index contributed by atoms with van der Waals surface area (Å²) in [6.45, 7) is 10.5. The van der Waals surface area contributed by atoms with Gasteiger partial charge in [0.05, 0.1) is 5.88 Å². The van der Waals surface area contributed by atoms with Crippen molar-refractivity contribution in [1.29, 1.82) is 0 Å². The summed E-state index contributed by atoms with van der Waals surface area (Å²) in [4.78, 5) is 51.3. The first-order valence-electron chi connectivity index (χ1n) is 8.94. The number of imide groups is 3. The summed E-state index contributed by atoms with van der Waals surface area (Å²) < 4.78 is 10.3. The van der Waals surface area contributed by atoms with Gasteiger partial charge in [0.1, 0.15) is 11.2 Å². The number of ether oxygens (including phenoxy) is 2. The average molecular weight is 403 g/mol. The highest BCUT2D eigenvalue weighted by Gasteiger charge is 2.36. The molecule has 1 rings (SSSR count). The van der Waals surface area contributed by atoms with Crippen molar-refractivity contribution >= 4 is 35.8 Å². The highest BCUT2D eigenvalue weighted by Crippen LogP contribution is 2.18. The third-order valence-electron chi connectivity index (χ3n) is 3.29. The fourth-order valence-corrected chi connectivity index (χ4v) is 3.14. The van der Waals surface area contributed by atoms with Gasteiger partial charge in [0.2, 0.25) is 11.8 Å². The molecular formula is C18H30N2O6S. The summed E-state index contributed by atoms with van der Waals surface area (Å²) in [7, 11) is 0. The van der Waals surface area contributed by atoms with E-state index in [0.717, 1.165) is 5.75 Å². The molecule has 0 atom stereocenters. The van der Waals surface area contributed by atoms with Crippen molar-refractivity contribution in [1.82, 2.24) is 9.80 Å². The Labute approximate surface area is 164 Å². The Morgan fingerprint density at radius 3 is 1.85 bits per heavy atom. The molecule has 1 saturated heterocycles. The van der Waals surface area contributed by atoms with Crippen LogP contribution in [-0.2, 0) is 19.1 Å². The summed E-state index contributed by atoms with van der Waals surface area (Å²) in [5.74, 6) is 0.792. The lowest BCUT2D eigenvalue weighted by atomic mass is 10.2. The Morgan fingerprint density at radius 1 is 0.926 bits per heavy atom. The molecule has 1 aliphatic heterocycles. The van der Waals surface area contributed by atoms with E-state index in [1.54, 1.807) is 58.2 Å². The minimum atomic E-state index is -1.08. The van der Waals surface area contributed by atoms with E-state index in [4.69, 9.17) is 9.47 Å². The zero-order valence-electron chi connectivity index (χ0n) is 17.0. The van der Waals surface area contributed by atoms with E-state index in [-0.39, 0.29) is 25.2 Å². The summed E-state index contributed by atoms with van der Waals surface area (Å²) in [5.41, 5.74) is -1.75. The molecule has 154 valence electrons. The highest BCUT2D eigenvalue weighted by molar-refractivity contribution is 7.99. The van der Waals surface area contributed by atoms with Crippen LogP contribution in [0, 0.1) is 0 Å². The van der Waals surface area contributed by atoms with Gasteiger partial charge in [-0.1, -0.05) is 0 Å². The molecule has 27 heavy (non-hydrogen) atoms. The van der Waals surface area contributed by atoms with Gasteiger partial charge in [-0.25, -0.2) is 9.59 Å². The van der Waals surface area contributed by atoms with Crippen molar-refractivity contribution in [3.63, 3.8) is 0 Å². The molecular weight excluding hydrogens is 372 g/mol. The van der Waals surface area contributed by atoms with Gasteiger partial charge in [-0.2, -0.15) is 0 Å². The van der Waals surface area contributed by atoms with E-state index in [1.165, 1.54) is 0 Å². The van der Waals surface area contributed by atoms with Crippen LogP contribution in [0.2, 0.25) is 0 Å². The molecule has 0 radical (unpaired) electrons. The van der Waals surface area contributed by atoms with Crippen LogP contribution in [0.5, 0.6) is 0 Å². The van der Waals surface area contributed by atoms with Gasteiger partial charge in [0, 0.05) is 25.1 Å². The van der Waals surface area contributed by atoms with Gasteiger partial charge in [-0.15, -0.1) is 16.7 Å². The molecule has 4 amide bonds. The topological polar surface area (TPSA) is 93.2 Å². The molecule has 0 aromatic carbocycles. The Balaban J connectivity index is 2.72. The van der Waals surface area contributed by atoms with Crippen LogP contribution in [-0.4, -0.2) is 63.2 Å². The molecule has 0 spiro atoms. The molecule has 8 nitrogen and oxygen atoms in total. The third-order valence-corrected chi connectivity index (χ3v) is 4.25. The minimum Gasteiger partial charge on any atom is -0.443 e. The summed E-state index contributed by atoms with van der Waals surface area (Å²) in [6, 6.07) is 0. The number of carbonyl (C=O) groups is 4. The maximum Gasteiger partial charge on any atom is 0.426 e. The predicted octanol–water partition coefficient (Wildman–Crippen LogP) is 3.39. The van der Waals surface area contributed by atoms with Crippen LogP contribution in [0.25, 0.3) is 0 Å². The normalized spacial score (nSPS) is 14.7. The molecule has 1 fully saturated rings. The Bertz CT molecular complexity index is 545. The molecule has 0 bridgehead atoms. The second kappa shape index (κ2) is 9.43. The van der Waals surface area contributed by atoms with Gasteiger partial charge in [-0.05, 0) is 48.0 Å². The molecule has 0 unspecified atom stereocenters. The molecule has 0 aromatic rings. The zero-order chi connectivity index (χ0) is 20.8. The number of hydrogen-bond acceptors (Lipinski definition) is 7. The van der Waals surface area contributed by atoms with Crippen LogP contribution < -0.4 is 0 Å². The first-order chi connectivity index (χ1) is 12.3. The molecule has 9 heteroatoms. The Hall–Kier alpha value is -1.77. The van der Waals surface area contributed by atoms with Crippen LogP contribution >= 0.6 is 11.8 Å². The van der Waals surface area contributed by atoms with E-state index in [1.807, 2.05) is 0 Å². The molecule has 1 heterocycles. The number of rotatable bonds is 4. The van der Waals surface area contributed by atoms with E-state index in [2.05, 4.69) is 0 Å². The van der Waals surface area contributed by atoms with E-state index < -0.39 is 29.3 Å². The van der Waals surface area contributed by atoms with Crippen molar-refractivity contribution < 1.29 is 28.7 Å². The lowest BCUT2D eigenvalue weighted by Crippen LogP contribution is -2.46. The number of thioether (sulfide) groups is 1. The summed E-state index contributed by atoms with van der Waals surface area (Å²) in [6.07, 6.45) is -1.87. The van der Waals surface area contributed by atoms with Crippen LogP contribution in [0.1, 0.15) is 60.8 Å². The van der Waals surface area contributed by atoms with Crippen molar-refractivity contribution in [2.75, 3.05) is 18.2 Å². The Morgan fingerprint density at radius 2 is 1.44 bits per heavy atom. The number of amides is 4. The fraction of sp³-hybridized carbons (Fsp3) is 0.778. The number of carbonyl (C=O) groups excluding carboxylic acids is 4. The third kappa shape index (κ3) is 8.64. The van der Waals surface area contributed by atoms with Crippen molar-refractivity contribution in [2.24, 2.45) is 0 Å². The van der Waals surface area contributed by atoms with Crippen LogP contribution in [0.3, 0.4) is 0 Å². The molecule has 0 aromatic heterocycles. The first kappa shape index (κ1) is 23.3. The van der Waals surface area contributed by atoms with Crippen LogP contribution in [0.15, 0.2) is 0 Å². The lowest BCUT2D eigenvalue weighted by molar-refractivity contribution is -0.130. The smallest absolute Gasteiger partial charge is 0.426 e. The Kier molecular flexibility index (Phi) is 8.13. The van der Waals surface area contributed by atoms with Crippen molar-refractivity contribution in [3.8, 4) is 0 Å². The molecule has 0 saturated carbocycles. The van der Waals surface area contributed by atoms with E-state index >= 15 is 0 Å². The standard InChI is InChI=1S/C18H30N2O6S/c1-17(2,3)25-15(23)20(16(24)26-18(4,5)6)14(22)9-7-8-13(21)19-10-11-27-12-19/h7-12H2,1-6H3. The van der Waals surface area contributed by atoms with Crippen molar-refractivity contribution in [3.05, 3.63) is 0 Å². The lowest BCUT2D eigenvalue weighted by Gasteiger charge is -2.27. The quantitative estimate of drug-likeness (QED) is 0.711. The maximum absolute atomic E-state index is 12.5. The van der Waals surface area contributed by atoms with Gasteiger partial charge in [0.25, 0.3) is 0 Å². The summed E-state index contributed by atoms with van der Waals surface area (Å²) in [5, 5.41) is 0. The maximum atomic E-state index is 12.5. The van der Waals surface area contributed by atoms with Crippen molar-refractivity contribution in [2.45, 2.75) is 72.0 Å². The summed E-state index contributed by atoms with van der Waals surface area (Å²) >= 11 is 1.68. The zero-order valence-corrected chi connectivity index (χ0v) is 17.8. The number of nitrogens with zero attached hydrogens (tertiary/aromatic N) is 2. The van der Waals surface area contributed by atoms with Gasteiger partial charge < -0.3 is 14.4 Å². The molecule has 0 aliphatic carbocycles. The van der Waals surface area contributed by atoms with Gasteiger partial charge in [-0.3, -0.25) is 9.59 Å².